The summed E-state index contributed by atoms with van der Waals surface area (Å²) < 4.78 is 9.90. The van der Waals surface area contributed by atoms with Crippen LogP contribution in [0.1, 0.15) is 21.7 Å². The monoisotopic (exact) mass is 409 g/mol. The van der Waals surface area contributed by atoms with E-state index in [1.54, 1.807) is 12.1 Å². The fourth-order valence-corrected chi connectivity index (χ4v) is 4.13. The van der Waals surface area contributed by atoms with Gasteiger partial charge in [-0.1, -0.05) is 54.2 Å². The van der Waals surface area contributed by atoms with Gasteiger partial charge in [0.05, 0.1) is 5.39 Å². The van der Waals surface area contributed by atoms with E-state index < -0.39 is 5.91 Å². The van der Waals surface area contributed by atoms with Gasteiger partial charge in [0.1, 0.15) is 5.58 Å². The van der Waals surface area contributed by atoms with Crippen LogP contribution in [0, 0.1) is 6.92 Å². The van der Waals surface area contributed by atoms with Gasteiger partial charge in [0.15, 0.2) is 11.2 Å². The second-order valence-corrected chi connectivity index (χ2v) is 7.73. The number of carbonyl (C=O) groups is 1. The average Bonchev–Trinajstić information content (AvgIpc) is 3.15. The molecule has 0 aliphatic carbocycles. The number of para-hydroxylation sites is 1. The SMILES string of the molecule is Cc1cccc2c(=O)cc(C(=O)Nc3nc(SCc4ccccc4)ns3)oc12. The Morgan fingerprint density at radius 3 is 2.82 bits per heavy atom. The molecule has 0 unspecified atom stereocenters. The highest BCUT2D eigenvalue weighted by Crippen LogP contribution is 2.24. The number of carbonyl (C=O) groups excluding carboxylic acids is 1. The van der Waals surface area contributed by atoms with Crippen molar-refractivity contribution >= 4 is 45.3 Å². The van der Waals surface area contributed by atoms with E-state index in [1.807, 2.05) is 43.3 Å². The first-order valence-electron chi connectivity index (χ1n) is 8.45. The van der Waals surface area contributed by atoms with Gasteiger partial charge in [-0.15, -0.1) is 0 Å². The predicted molar refractivity (Wildman–Crippen MR) is 111 cm³/mol. The van der Waals surface area contributed by atoms with E-state index in [-0.39, 0.29) is 11.2 Å². The maximum Gasteiger partial charge on any atom is 0.293 e. The third-order valence-electron chi connectivity index (χ3n) is 4.01. The van der Waals surface area contributed by atoms with Crippen molar-refractivity contribution in [2.45, 2.75) is 17.8 Å². The van der Waals surface area contributed by atoms with Gasteiger partial charge in [0.2, 0.25) is 10.3 Å². The number of thioether (sulfide) groups is 1. The summed E-state index contributed by atoms with van der Waals surface area (Å²) in [4.78, 5) is 29.1. The summed E-state index contributed by atoms with van der Waals surface area (Å²) in [6.45, 7) is 1.83. The number of hydrogen-bond donors (Lipinski definition) is 1. The normalized spacial score (nSPS) is 10.9. The summed E-state index contributed by atoms with van der Waals surface area (Å²) in [7, 11) is 0. The highest BCUT2D eigenvalue weighted by molar-refractivity contribution is 7.98. The number of amides is 1. The Morgan fingerprint density at radius 1 is 1.18 bits per heavy atom. The summed E-state index contributed by atoms with van der Waals surface area (Å²) in [6.07, 6.45) is 0. The lowest BCUT2D eigenvalue weighted by atomic mass is 10.1. The van der Waals surface area contributed by atoms with Crippen molar-refractivity contribution in [1.82, 2.24) is 9.36 Å². The zero-order valence-electron chi connectivity index (χ0n) is 14.8. The Balaban J connectivity index is 1.48. The van der Waals surface area contributed by atoms with Gasteiger partial charge in [0, 0.05) is 23.4 Å². The molecule has 1 amide bonds. The molecule has 0 spiro atoms. The van der Waals surface area contributed by atoms with Crippen LogP contribution in [0.4, 0.5) is 5.13 Å². The average molecular weight is 409 g/mol. The molecule has 2 aromatic carbocycles. The molecule has 0 radical (unpaired) electrons. The zero-order chi connectivity index (χ0) is 19.5. The fraction of sp³-hybridized carbons (Fsp3) is 0.100. The minimum absolute atomic E-state index is 0.0551. The molecule has 0 fully saturated rings. The van der Waals surface area contributed by atoms with Crippen LogP contribution < -0.4 is 10.7 Å². The van der Waals surface area contributed by atoms with Crippen LogP contribution in [0.25, 0.3) is 11.0 Å². The predicted octanol–water partition coefficient (Wildman–Crippen LogP) is 4.50. The Bertz CT molecular complexity index is 1200. The lowest BCUT2D eigenvalue weighted by molar-refractivity contribution is 0.0997. The van der Waals surface area contributed by atoms with Crippen molar-refractivity contribution in [2.24, 2.45) is 0 Å². The molecule has 0 aliphatic rings. The van der Waals surface area contributed by atoms with E-state index in [1.165, 1.54) is 23.4 Å². The molecular weight excluding hydrogens is 394 g/mol. The lowest BCUT2D eigenvalue weighted by Crippen LogP contribution is -2.15. The number of nitrogens with zero attached hydrogens (tertiary/aromatic N) is 2. The van der Waals surface area contributed by atoms with Crippen LogP contribution in [0.5, 0.6) is 0 Å². The molecule has 0 saturated heterocycles. The summed E-state index contributed by atoms with van der Waals surface area (Å²) in [6, 6.07) is 16.5. The van der Waals surface area contributed by atoms with E-state index in [4.69, 9.17) is 4.42 Å². The number of rotatable bonds is 5. The number of aryl methyl sites for hydroxylation is 1. The van der Waals surface area contributed by atoms with Crippen LogP contribution in [0.15, 0.2) is 69.0 Å². The van der Waals surface area contributed by atoms with Crippen molar-refractivity contribution in [3.05, 3.63) is 81.7 Å². The van der Waals surface area contributed by atoms with E-state index >= 15 is 0 Å². The van der Waals surface area contributed by atoms with Crippen LogP contribution >= 0.6 is 23.3 Å². The van der Waals surface area contributed by atoms with E-state index in [0.717, 1.165) is 22.8 Å². The third kappa shape index (κ3) is 3.97. The third-order valence-corrected chi connectivity index (χ3v) is 5.68. The number of anilines is 1. The number of fused-ring (bicyclic) bond motifs is 1. The first-order chi connectivity index (χ1) is 13.6. The second kappa shape index (κ2) is 7.95. The van der Waals surface area contributed by atoms with Crippen molar-refractivity contribution in [1.29, 1.82) is 0 Å². The largest absolute Gasteiger partial charge is 0.450 e. The molecule has 2 heterocycles. The second-order valence-electron chi connectivity index (χ2n) is 6.04. The molecule has 0 bridgehead atoms. The molecule has 8 heteroatoms. The highest BCUT2D eigenvalue weighted by atomic mass is 32.2. The van der Waals surface area contributed by atoms with Crippen LogP contribution in [-0.4, -0.2) is 15.3 Å². The van der Waals surface area contributed by atoms with E-state index in [2.05, 4.69) is 14.7 Å². The molecular formula is C20H15N3O3S2. The molecule has 4 rings (SSSR count). The Labute approximate surface area is 168 Å². The maximum atomic E-state index is 12.5. The van der Waals surface area contributed by atoms with Crippen molar-refractivity contribution in [3.8, 4) is 0 Å². The molecule has 2 aromatic heterocycles. The molecule has 1 N–H and O–H groups in total. The molecule has 6 nitrogen and oxygen atoms in total. The first kappa shape index (κ1) is 18.4. The fourth-order valence-electron chi connectivity index (χ4n) is 2.63. The van der Waals surface area contributed by atoms with Gasteiger partial charge in [-0.2, -0.15) is 9.36 Å². The topological polar surface area (TPSA) is 85.1 Å². The molecule has 28 heavy (non-hydrogen) atoms. The van der Waals surface area contributed by atoms with Crippen LogP contribution in [-0.2, 0) is 5.75 Å². The summed E-state index contributed by atoms with van der Waals surface area (Å²) in [5.74, 6) is 0.155. The minimum Gasteiger partial charge on any atom is -0.450 e. The van der Waals surface area contributed by atoms with E-state index in [9.17, 15) is 9.59 Å². The van der Waals surface area contributed by atoms with Gasteiger partial charge >= 0.3 is 0 Å². The summed E-state index contributed by atoms with van der Waals surface area (Å²) in [5.41, 5.74) is 2.11. The summed E-state index contributed by atoms with van der Waals surface area (Å²) in [5, 5.41) is 4.04. The molecule has 0 atom stereocenters. The Kier molecular flexibility index (Phi) is 5.23. The Morgan fingerprint density at radius 2 is 2.00 bits per heavy atom. The highest BCUT2D eigenvalue weighted by Gasteiger charge is 2.16. The van der Waals surface area contributed by atoms with E-state index in [0.29, 0.717) is 21.3 Å². The minimum atomic E-state index is -0.530. The molecule has 0 aliphatic heterocycles. The van der Waals surface area contributed by atoms with Gasteiger partial charge in [0.25, 0.3) is 5.91 Å². The van der Waals surface area contributed by atoms with Crippen molar-refractivity contribution in [2.75, 3.05) is 5.32 Å². The molecule has 4 aromatic rings. The number of benzene rings is 2. The first-order valence-corrected chi connectivity index (χ1v) is 10.2. The maximum absolute atomic E-state index is 12.5. The van der Waals surface area contributed by atoms with Crippen LogP contribution in [0.3, 0.4) is 0 Å². The van der Waals surface area contributed by atoms with Gasteiger partial charge < -0.3 is 4.42 Å². The zero-order valence-corrected chi connectivity index (χ0v) is 16.5. The van der Waals surface area contributed by atoms with Crippen molar-refractivity contribution < 1.29 is 9.21 Å². The van der Waals surface area contributed by atoms with Gasteiger partial charge in [-0.25, -0.2) is 0 Å². The number of nitrogens with one attached hydrogen (secondary N) is 1. The smallest absolute Gasteiger partial charge is 0.293 e. The quantitative estimate of drug-likeness (QED) is 0.489. The Hall–Kier alpha value is -2.97. The standard InChI is InChI=1S/C20H15N3O3S2/c1-12-6-5-9-14-15(24)10-16(26-17(12)14)18(25)21-19-22-20(23-28-19)27-11-13-7-3-2-4-8-13/h2-10H,11H2,1H3,(H,21,22,23,25). The number of aromatic nitrogens is 2. The lowest BCUT2D eigenvalue weighted by Gasteiger charge is -2.04. The van der Waals surface area contributed by atoms with Crippen LogP contribution in [0.2, 0.25) is 0 Å². The molecule has 140 valence electrons. The van der Waals surface area contributed by atoms with Gasteiger partial charge in [-0.05, 0) is 24.1 Å². The van der Waals surface area contributed by atoms with Gasteiger partial charge in [-0.3, -0.25) is 14.9 Å². The van der Waals surface area contributed by atoms with Crippen molar-refractivity contribution in [3.63, 3.8) is 0 Å². The number of hydrogen-bond acceptors (Lipinski definition) is 7. The summed E-state index contributed by atoms with van der Waals surface area (Å²) >= 11 is 2.57. The molecule has 0 saturated carbocycles.